The number of nitrogens with zero attached hydrogens (tertiary/aromatic N) is 4. The first-order valence-corrected chi connectivity index (χ1v) is 32.0. The van der Waals surface area contributed by atoms with Gasteiger partial charge in [-0.3, -0.25) is 0 Å². The SMILES string of the molecule is c1ccc(-c2cccc(-c3cc4c5c(c3)N(c3ccccc3)c3ccccc3B5c3cc5c(cc3O4)N(c3c(-c4ccccc4)cccc3-c3ccccc3)c3cc4c6c7c3B5c3ccccc3N7c3ccccc3B6c3ccccc3N4c3ccccc3)c2)cc1. The van der Waals surface area contributed by atoms with Crippen molar-refractivity contribution < 1.29 is 4.74 Å². The predicted molar refractivity (Wildman–Crippen MR) is 387 cm³/mol. The normalized spacial score (nSPS) is 13.6. The lowest BCUT2D eigenvalue weighted by Gasteiger charge is -2.51. The van der Waals surface area contributed by atoms with Crippen molar-refractivity contribution in [2.24, 2.45) is 0 Å². The highest BCUT2D eigenvalue weighted by Gasteiger charge is 2.53. The zero-order valence-corrected chi connectivity index (χ0v) is 50.0. The molecule has 0 aliphatic carbocycles. The van der Waals surface area contributed by atoms with Gasteiger partial charge in [0.2, 0.25) is 0 Å². The number of ether oxygens (including phenoxy) is 1. The summed E-state index contributed by atoms with van der Waals surface area (Å²) in [6.45, 7) is -0.410. The second-order valence-electron chi connectivity index (χ2n) is 25.0. The van der Waals surface area contributed by atoms with Gasteiger partial charge >= 0.3 is 0 Å². The molecule has 92 heavy (non-hydrogen) atoms. The van der Waals surface area contributed by atoms with Gasteiger partial charge in [-0.1, -0.05) is 243 Å². The lowest BCUT2D eigenvalue weighted by Crippen LogP contribution is -2.69. The summed E-state index contributed by atoms with van der Waals surface area (Å²) >= 11 is 0. The Labute approximate surface area is 536 Å². The van der Waals surface area contributed by atoms with Crippen molar-refractivity contribution in [1.29, 1.82) is 0 Å². The summed E-state index contributed by atoms with van der Waals surface area (Å²) in [4.78, 5) is 10.3. The Morgan fingerprint density at radius 3 is 1.13 bits per heavy atom. The van der Waals surface area contributed by atoms with E-state index in [9.17, 15) is 0 Å². The molecule has 0 N–H and O–H groups in total. The Morgan fingerprint density at radius 1 is 0.207 bits per heavy atom. The molecule has 0 aromatic heterocycles. The molecule has 6 aliphatic heterocycles. The molecule has 6 heterocycles. The van der Waals surface area contributed by atoms with E-state index >= 15 is 0 Å². The molecule has 14 aromatic carbocycles. The zero-order valence-electron chi connectivity index (χ0n) is 50.0. The third kappa shape index (κ3) is 7.34. The van der Waals surface area contributed by atoms with Gasteiger partial charge in [-0.15, -0.1) is 0 Å². The maximum absolute atomic E-state index is 7.86. The second-order valence-corrected chi connectivity index (χ2v) is 25.0. The van der Waals surface area contributed by atoms with Gasteiger partial charge in [0.15, 0.2) is 0 Å². The minimum Gasteiger partial charge on any atom is -0.458 e. The Morgan fingerprint density at radius 2 is 0.598 bits per heavy atom. The van der Waals surface area contributed by atoms with Crippen LogP contribution in [-0.2, 0) is 0 Å². The van der Waals surface area contributed by atoms with E-state index in [-0.39, 0.29) is 20.1 Å². The molecule has 0 amide bonds. The number of hydrogen-bond donors (Lipinski definition) is 0. The van der Waals surface area contributed by atoms with E-state index in [1.165, 1.54) is 77.8 Å². The number of hydrogen-bond acceptors (Lipinski definition) is 5. The van der Waals surface area contributed by atoms with Crippen LogP contribution in [0.25, 0.3) is 44.5 Å². The zero-order chi connectivity index (χ0) is 60.1. The second kappa shape index (κ2) is 19.9. The van der Waals surface area contributed by atoms with Gasteiger partial charge in [-0.05, 0) is 155 Å². The lowest BCUT2D eigenvalue weighted by atomic mass is 9.28. The Kier molecular flexibility index (Phi) is 11.1. The Balaban J connectivity index is 0.917. The smallest absolute Gasteiger partial charge is 0.256 e. The maximum atomic E-state index is 7.86. The highest BCUT2D eigenvalue weighted by Crippen LogP contribution is 2.54. The van der Waals surface area contributed by atoms with Crippen molar-refractivity contribution in [3.63, 3.8) is 0 Å². The van der Waals surface area contributed by atoms with Gasteiger partial charge in [0.1, 0.15) is 11.5 Å². The summed E-state index contributed by atoms with van der Waals surface area (Å²) in [7, 11) is 0. The third-order valence-corrected chi connectivity index (χ3v) is 20.2. The van der Waals surface area contributed by atoms with Gasteiger partial charge in [0.25, 0.3) is 20.1 Å². The first-order valence-electron chi connectivity index (χ1n) is 32.0. The van der Waals surface area contributed by atoms with Crippen LogP contribution in [0.3, 0.4) is 0 Å². The van der Waals surface area contributed by atoms with E-state index in [1.807, 2.05) is 0 Å². The number of benzene rings is 14. The largest absolute Gasteiger partial charge is 0.458 e. The molecular formula is C84H53B3N4O. The molecular weight excluding hydrogens is 1110 g/mol. The topological polar surface area (TPSA) is 22.2 Å². The summed E-state index contributed by atoms with van der Waals surface area (Å²) in [5, 5.41) is 0. The van der Waals surface area contributed by atoms with Crippen molar-refractivity contribution in [1.82, 2.24) is 0 Å². The van der Waals surface area contributed by atoms with E-state index in [2.05, 4.69) is 341 Å². The Hall–Kier alpha value is -11.7. The van der Waals surface area contributed by atoms with E-state index in [4.69, 9.17) is 4.74 Å². The molecule has 0 spiro atoms. The van der Waals surface area contributed by atoms with Crippen molar-refractivity contribution >= 4 is 138 Å². The van der Waals surface area contributed by atoms with Crippen LogP contribution in [0.2, 0.25) is 0 Å². The first-order chi connectivity index (χ1) is 45.7. The lowest BCUT2D eigenvalue weighted by molar-refractivity contribution is 0.488. The van der Waals surface area contributed by atoms with Gasteiger partial charge < -0.3 is 24.3 Å². The fourth-order valence-electron chi connectivity index (χ4n) is 16.5. The van der Waals surface area contributed by atoms with Crippen LogP contribution < -0.4 is 73.5 Å². The number of anilines is 12. The molecule has 0 fully saturated rings. The molecule has 0 atom stereocenters. The van der Waals surface area contributed by atoms with Crippen LogP contribution in [-0.4, -0.2) is 20.1 Å². The van der Waals surface area contributed by atoms with Gasteiger partial charge in [-0.2, -0.15) is 0 Å². The monoisotopic (exact) mass is 1170 g/mol. The molecule has 0 bridgehead atoms. The summed E-state index contributed by atoms with van der Waals surface area (Å²) in [6, 6.07) is 120. The number of fused-ring (bicyclic) bond motifs is 14. The number of para-hydroxylation sites is 7. The highest BCUT2D eigenvalue weighted by atomic mass is 16.5. The molecule has 0 radical (unpaired) electrons. The summed E-state index contributed by atoms with van der Waals surface area (Å²) in [5.41, 5.74) is 34.2. The predicted octanol–water partition coefficient (Wildman–Crippen LogP) is 15.5. The number of rotatable bonds is 7. The van der Waals surface area contributed by atoms with Gasteiger partial charge in [-0.25, -0.2) is 0 Å². The molecule has 14 aromatic rings. The minimum atomic E-state index is -0.189. The molecule has 424 valence electrons. The summed E-state index contributed by atoms with van der Waals surface area (Å²) in [6.07, 6.45) is 0. The molecule has 5 nitrogen and oxygen atoms in total. The van der Waals surface area contributed by atoms with Crippen molar-refractivity contribution in [3.05, 3.63) is 322 Å². The van der Waals surface area contributed by atoms with Crippen molar-refractivity contribution in [2.45, 2.75) is 0 Å². The fourth-order valence-corrected chi connectivity index (χ4v) is 16.5. The quantitative estimate of drug-likeness (QED) is 0.148. The van der Waals surface area contributed by atoms with Crippen LogP contribution in [0.5, 0.6) is 11.5 Å². The average Bonchev–Trinajstić information content (AvgIpc) is 0.669. The van der Waals surface area contributed by atoms with Crippen LogP contribution in [0.1, 0.15) is 0 Å². The van der Waals surface area contributed by atoms with Crippen LogP contribution >= 0.6 is 0 Å². The summed E-state index contributed by atoms with van der Waals surface area (Å²) in [5.74, 6) is 1.70. The molecule has 0 unspecified atom stereocenters. The van der Waals surface area contributed by atoms with Gasteiger partial charge in [0.05, 0.1) is 5.69 Å². The van der Waals surface area contributed by atoms with E-state index in [1.54, 1.807) is 0 Å². The van der Waals surface area contributed by atoms with E-state index < -0.39 is 0 Å². The average molecular weight is 1170 g/mol. The molecule has 20 rings (SSSR count). The first kappa shape index (κ1) is 51.2. The molecule has 0 saturated carbocycles. The minimum absolute atomic E-state index is 0.0463. The van der Waals surface area contributed by atoms with Gasteiger partial charge in [0, 0.05) is 79.8 Å². The van der Waals surface area contributed by atoms with Crippen LogP contribution in [0, 0.1) is 0 Å². The van der Waals surface area contributed by atoms with E-state index in [0.29, 0.717) is 0 Å². The maximum Gasteiger partial charge on any atom is 0.256 e. The Bertz CT molecular complexity index is 5310. The van der Waals surface area contributed by atoms with Crippen molar-refractivity contribution in [3.8, 4) is 56.0 Å². The van der Waals surface area contributed by atoms with Crippen LogP contribution in [0.4, 0.5) is 68.2 Å². The molecule has 0 saturated heterocycles. The molecule has 6 aliphatic rings. The summed E-state index contributed by atoms with van der Waals surface area (Å²) < 4.78 is 7.86. The van der Waals surface area contributed by atoms with Crippen molar-refractivity contribution in [2.75, 3.05) is 19.6 Å². The fraction of sp³-hybridized carbons (Fsp3) is 0. The van der Waals surface area contributed by atoms with Crippen LogP contribution in [0.15, 0.2) is 322 Å². The standard InChI is InChI=1S/C84H53B3N4O/c1-6-26-54(27-7-1)57-32-24-33-58(48-57)59-49-75-80-79(50-59)92-78-53-74-68(51-69(78)87(80)65-41-17-21-45-71(65)88(75)60-34-12-4-13-35-60)86-67-43-19-23-47-73(67)90-72-46-22-18-42-66(72)85-64-40-16-20-44-70(64)89(61-36-14-5-15-37-61)76-52-77(82(86)84(90)81(76)85)91(74)83-62(55-28-8-2-9-29-55)38-25-39-63(83)56-30-10-3-11-31-56/h1-53H. The molecule has 8 heteroatoms. The van der Waals surface area contributed by atoms with E-state index in [0.717, 1.165) is 95.6 Å². The highest BCUT2D eigenvalue weighted by molar-refractivity contribution is 7.05. The third-order valence-electron chi connectivity index (χ3n) is 20.2.